The number of aryl methyl sites for hydroxylation is 1. The molecule has 1 rings (SSSR count). The summed E-state index contributed by atoms with van der Waals surface area (Å²) < 4.78 is 11.6. The number of benzene rings is 1. The smallest absolute Gasteiger partial charge is 0.133 e. The highest BCUT2D eigenvalue weighted by Crippen LogP contribution is 2.25. The number of rotatable bonds is 9. The van der Waals surface area contributed by atoms with Crippen molar-refractivity contribution in [2.75, 3.05) is 33.4 Å². The first-order valence-corrected chi connectivity index (χ1v) is 7.59. The van der Waals surface area contributed by atoms with E-state index in [0.29, 0.717) is 12.5 Å². The first-order chi connectivity index (χ1) is 9.52. The molecule has 0 aliphatic heterocycles. The van der Waals surface area contributed by atoms with Crippen molar-refractivity contribution in [1.29, 1.82) is 0 Å². The summed E-state index contributed by atoms with van der Waals surface area (Å²) in [6.07, 6.45) is -0.530. The van der Waals surface area contributed by atoms with Crippen LogP contribution in [0.1, 0.15) is 12.5 Å². The summed E-state index contributed by atoms with van der Waals surface area (Å²) in [5.41, 5.74) is 1.17. The molecule has 1 aromatic carbocycles. The Kier molecular flexibility index (Phi) is 8.14. The lowest BCUT2D eigenvalue weighted by Crippen LogP contribution is -2.34. The van der Waals surface area contributed by atoms with Gasteiger partial charge in [-0.15, -0.1) is 0 Å². The van der Waals surface area contributed by atoms with Crippen molar-refractivity contribution in [3.63, 3.8) is 0 Å². The lowest BCUT2D eigenvalue weighted by molar-refractivity contribution is 0.102. The Morgan fingerprint density at radius 1 is 1.30 bits per heavy atom. The number of aliphatic hydroxyl groups is 1. The van der Waals surface area contributed by atoms with Crippen molar-refractivity contribution in [2.45, 2.75) is 20.0 Å². The van der Waals surface area contributed by atoms with Gasteiger partial charge >= 0.3 is 0 Å². The van der Waals surface area contributed by atoms with Crippen LogP contribution in [-0.4, -0.2) is 44.6 Å². The van der Waals surface area contributed by atoms with Gasteiger partial charge in [0.05, 0.1) is 4.47 Å². The first-order valence-electron chi connectivity index (χ1n) is 6.79. The minimum Gasteiger partial charge on any atom is -0.490 e. The van der Waals surface area contributed by atoms with Gasteiger partial charge in [-0.25, -0.2) is 0 Å². The molecule has 0 aliphatic carbocycles. The second kappa shape index (κ2) is 9.34. The molecule has 0 aliphatic rings. The van der Waals surface area contributed by atoms with E-state index in [1.165, 1.54) is 5.56 Å². The normalized spacial score (nSPS) is 14.1. The van der Waals surface area contributed by atoms with Crippen LogP contribution in [0.4, 0.5) is 0 Å². The molecule has 0 aromatic heterocycles. The Morgan fingerprint density at radius 3 is 2.70 bits per heavy atom. The fourth-order valence-corrected chi connectivity index (χ4v) is 2.42. The van der Waals surface area contributed by atoms with Crippen LogP contribution in [0.25, 0.3) is 0 Å². The summed E-state index contributed by atoms with van der Waals surface area (Å²) in [6.45, 7) is 6.44. The van der Waals surface area contributed by atoms with E-state index in [1.807, 2.05) is 25.1 Å². The molecule has 2 unspecified atom stereocenters. The van der Waals surface area contributed by atoms with Crippen LogP contribution in [0.2, 0.25) is 0 Å². The van der Waals surface area contributed by atoms with E-state index in [-0.39, 0.29) is 6.61 Å². The predicted octanol–water partition coefficient (Wildman–Crippen LogP) is 2.37. The highest BCUT2D eigenvalue weighted by atomic mass is 79.9. The molecular weight excluding hydrogens is 322 g/mol. The van der Waals surface area contributed by atoms with Gasteiger partial charge in [0.15, 0.2) is 0 Å². The Bertz CT molecular complexity index is 401. The summed E-state index contributed by atoms with van der Waals surface area (Å²) in [5.74, 6) is 1.18. The Hall–Kier alpha value is -0.620. The average molecular weight is 346 g/mol. The third-order valence-corrected chi connectivity index (χ3v) is 3.46. The van der Waals surface area contributed by atoms with E-state index in [9.17, 15) is 5.11 Å². The second-order valence-corrected chi connectivity index (χ2v) is 5.97. The summed E-state index contributed by atoms with van der Waals surface area (Å²) >= 11 is 3.45. The number of methoxy groups -OCH3 is 1. The highest BCUT2D eigenvalue weighted by molar-refractivity contribution is 9.10. The first kappa shape index (κ1) is 17.4. The maximum absolute atomic E-state index is 9.86. The molecule has 0 saturated carbocycles. The minimum absolute atomic E-state index is 0.271. The molecule has 0 radical (unpaired) electrons. The van der Waals surface area contributed by atoms with Crippen molar-refractivity contribution in [2.24, 2.45) is 5.92 Å². The lowest BCUT2D eigenvalue weighted by atomic mass is 10.2. The van der Waals surface area contributed by atoms with Gasteiger partial charge in [-0.2, -0.15) is 0 Å². The molecule has 0 amide bonds. The number of nitrogens with one attached hydrogen (secondary N) is 1. The van der Waals surface area contributed by atoms with Crippen molar-refractivity contribution < 1.29 is 14.6 Å². The Balaban J connectivity index is 2.24. The largest absolute Gasteiger partial charge is 0.490 e. The fourth-order valence-electron chi connectivity index (χ4n) is 1.81. The van der Waals surface area contributed by atoms with Crippen LogP contribution in [0.15, 0.2) is 22.7 Å². The summed E-state index contributed by atoms with van der Waals surface area (Å²) in [7, 11) is 1.69. The third-order valence-electron chi connectivity index (χ3n) is 2.84. The van der Waals surface area contributed by atoms with Crippen LogP contribution < -0.4 is 10.1 Å². The topological polar surface area (TPSA) is 50.7 Å². The van der Waals surface area contributed by atoms with Crippen LogP contribution in [-0.2, 0) is 4.74 Å². The number of hydrogen-bond acceptors (Lipinski definition) is 4. The lowest BCUT2D eigenvalue weighted by Gasteiger charge is -2.16. The van der Waals surface area contributed by atoms with Gasteiger partial charge in [-0.05, 0) is 53.0 Å². The van der Waals surface area contributed by atoms with E-state index in [2.05, 4.69) is 28.2 Å². The highest BCUT2D eigenvalue weighted by Gasteiger charge is 2.08. The molecule has 2 atom stereocenters. The Morgan fingerprint density at radius 2 is 2.05 bits per heavy atom. The molecule has 0 fully saturated rings. The van der Waals surface area contributed by atoms with Crippen molar-refractivity contribution >= 4 is 15.9 Å². The molecule has 20 heavy (non-hydrogen) atoms. The molecule has 4 nitrogen and oxygen atoms in total. The maximum Gasteiger partial charge on any atom is 0.133 e. The molecule has 0 spiro atoms. The standard InChI is InChI=1S/C15H24BrNO3/c1-11-4-5-15(14(16)6-11)20-10-13(18)8-17-7-12(2)9-19-3/h4-6,12-13,17-18H,7-10H2,1-3H3. The van der Waals surface area contributed by atoms with E-state index >= 15 is 0 Å². The quantitative estimate of drug-likeness (QED) is 0.721. The second-order valence-electron chi connectivity index (χ2n) is 5.12. The van der Waals surface area contributed by atoms with Crippen molar-refractivity contribution in [1.82, 2.24) is 5.32 Å². The van der Waals surface area contributed by atoms with Crippen molar-refractivity contribution in [3.8, 4) is 5.75 Å². The number of aliphatic hydroxyl groups excluding tert-OH is 1. The molecular formula is C15H24BrNO3. The van der Waals surface area contributed by atoms with E-state index in [4.69, 9.17) is 9.47 Å². The van der Waals surface area contributed by atoms with Gasteiger partial charge in [-0.1, -0.05) is 13.0 Å². The van der Waals surface area contributed by atoms with Crippen LogP contribution in [0.3, 0.4) is 0 Å². The average Bonchev–Trinajstić information content (AvgIpc) is 2.38. The molecule has 0 saturated heterocycles. The van der Waals surface area contributed by atoms with Crippen LogP contribution >= 0.6 is 15.9 Å². The van der Waals surface area contributed by atoms with Gasteiger partial charge in [0, 0.05) is 20.3 Å². The van der Waals surface area contributed by atoms with Crippen LogP contribution in [0.5, 0.6) is 5.75 Å². The number of halogens is 1. The summed E-state index contributed by atoms with van der Waals surface area (Å²) in [4.78, 5) is 0. The zero-order valence-corrected chi connectivity index (χ0v) is 13.9. The van der Waals surface area contributed by atoms with Gasteiger partial charge in [0.25, 0.3) is 0 Å². The van der Waals surface area contributed by atoms with E-state index in [0.717, 1.165) is 23.4 Å². The monoisotopic (exact) mass is 345 g/mol. The zero-order valence-electron chi connectivity index (χ0n) is 12.4. The molecule has 5 heteroatoms. The predicted molar refractivity (Wildman–Crippen MR) is 84.3 cm³/mol. The van der Waals surface area contributed by atoms with Crippen molar-refractivity contribution in [3.05, 3.63) is 28.2 Å². The third kappa shape index (κ3) is 6.70. The summed E-state index contributed by atoms with van der Waals surface area (Å²) in [5, 5.41) is 13.1. The fraction of sp³-hybridized carbons (Fsp3) is 0.600. The SMILES string of the molecule is COCC(C)CNCC(O)COc1ccc(C)cc1Br. The molecule has 0 heterocycles. The zero-order chi connectivity index (χ0) is 15.0. The Labute approximate surface area is 129 Å². The number of hydrogen-bond donors (Lipinski definition) is 2. The molecule has 2 N–H and O–H groups in total. The van der Waals surface area contributed by atoms with E-state index < -0.39 is 6.10 Å². The van der Waals surface area contributed by atoms with Gasteiger partial charge in [-0.3, -0.25) is 0 Å². The molecule has 114 valence electrons. The minimum atomic E-state index is -0.530. The van der Waals surface area contributed by atoms with Crippen LogP contribution in [0, 0.1) is 12.8 Å². The molecule has 0 bridgehead atoms. The maximum atomic E-state index is 9.86. The van der Waals surface area contributed by atoms with E-state index in [1.54, 1.807) is 7.11 Å². The molecule has 1 aromatic rings. The number of ether oxygens (including phenoxy) is 2. The summed E-state index contributed by atoms with van der Waals surface area (Å²) in [6, 6.07) is 5.88. The van der Waals surface area contributed by atoms with Gasteiger partial charge < -0.3 is 19.9 Å². The van der Waals surface area contributed by atoms with Gasteiger partial charge in [0.2, 0.25) is 0 Å². The van der Waals surface area contributed by atoms with Gasteiger partial charge in [0.1, 0.15) is 18.5 Å².